The summed E-state index contributed by atoms with van der Waals surface area (Å²) in [5, 5.41) is 13.7. The van der Waals surface area contributed by atoms with E-state index in [4.69, 9.17) is 9.84 Å². The van der Waals surface area contributed by atoms with Crippen LogP contribution in [0.2, 0.25) is 0 Å². The van der Waals surface area contributed by atoms with Gasteiger partial charge in [0.1, 0.15) is 12.4 Å². The minimum absolute atomic E-state index is 0.0523. The Morgan fingerprint density at radius 1 is 1.20 bits per heavy atom. The van der Waals surface area contributed by atoms with Crippen molar-refractivity contribution in [3.63, 3.8) is 0 Å². The number of rotatable bonds is 8. The molecule has 0 fully saturated rings. The molecule has 0 atom stereocenters. The minimum atomic E-state index is -0.862. The summed E-state index contributed by atoms with van der Waals surface area (Å²) in [7, 11) is 0. The third kappa shape index (κ3) is 6.63. The molecule has 1 rings (SSSR count). The largest absolute Gasteiger partial charge is 0.491 e. The summed E-state index contributed by atoms with van der Waals surface area (Å²) in [4.78, 5) is 21.6. The lowest BCUT2D eigenvalue weighted by Gasteiger charge is -2.10. The zero-order valence-electron chi connectivity index (χ0n) is 11.5. The molecule has 20 heavy (non-hydrogen) atoms. The zero-order chi connectivity index (χ0) is 14.8. The maximum Gasteiger partial charge on any atom is 0.314 e. The highest BCUT2D eigenvalue weighted by atomic mass is 16.5. The molecule has 0 spiro atoms. The number of amides is 2. The van der Waals surface area contributed by atoms with E-state index in [9.17, 15) is 9.59 Å². The summed E-state index contributed by atoms with van der Waals surface area (Å²) in [6.07, 6.45) is 0.471. The Labute approximate surface area is 118 Å². The Balaban J connectivity index is 2.07. The first-order valence-corrected chi connectivity index (χ1v) is 6.51. The van der Waals surface area contributed by atoms with Crippen LogP contribution in [0.25, 0.3) is 0 Å². The predicted octanol–water partition coefficient (Wildman–Crippen LogP) is 1.54. The van der Waals surface area contributed by atoms with Crippen molar-refractivity contribution < 1.29 is 19.4 Å². The van der Waals surface area contributed by atoms with Crippen LogP contribution in [0.4, 0.5) is 4.79 Å². The standard InChI is InChI=1S/C14H20N2O4/c1-11-5-2-3-6-12(11)20-10-9-16-14(19)15-8-4-7-13(17)18/h2-3,5-6H,4,7-10H2,1H3,(H,17,18)(H2,15,16,19). The monoisotopic (exact) mass is 280 g/mol. The zero-order valence-corrected chi connectivity index (χ0v) is 11.5. The van der Waals surface area contributed by atoms with E-state index < -0.39 is 5.97 Å². The highest BCUT2D eigenvalue weighted by Gasteiger charge is 2.01. The fraction of sp³-hybridized carbons (Fsp3) is 0.429. The summed E-state index contributed by atoms with van der Waals surface area (Å²) in [5.74, 6) is -0.0602. The third-order valence-corrected chi connectivity index (χ3v) is 2.59. The molecule has 0 heterocycles. The second-order valence-corrected chi connectivity index (χ2v) is 4.29. The number of carboxylic acids is 1. The molecule has 0 saturated carbocycles. The molecule has 6 nitrogen and oxygen atoms in total. The average Bonchev–Trinajstić information content (AvgIpc) is 2.41. The third-order valence-electron chi connectivity index (χ3n) is 2.59. The maximum absolute atomic E-state index is 11.3. The Bertz CT molecular complexity index is 449. The van der Waals surface area contributed by atoms with Crippen LogP contribution in [-0.2, 0) is 4.79 Å². The highest BCUT2D eigenvalue weighted by Crippen LogP contribution is 2.15. The van der Waals surface area contributed by atoms with E-state index in [1.807, 2.05) is 31.2 Å². The molecule has 0 aliphatic rings. The number of aliphatic carboxylic acids is 1. The molecule has 0 aromatic heterocycles. The van der Waals surface area contributed by atoms with Crippen LogP contribution < -0.4 is 15.4 Å². The van der Waals surface area contributed by atoms with Gasteiger partial charge < -0.3 is 20.5 Å². The molecule has 110 valence electrons. The molecule has 0 saturated heterocycles. The van der Waals surface area contributed by atoms with Gasteiger partial charge in [0.15, 0.2) is 0 Å². The van der Waals surface area contributed by atoms with Crippen LogP contribution in [0.5, 0.6) is 5.75 Å². The molecule has 1 aromatic rings. The van der Waals surface area contributed by atoms with E-state index >= 15 is 0 Å². The number of para-hydroxylation sites is 1. The predicted molar refractivity (Wildman–Crippen MR) is 74.9 cm³/mol. The van der Waals surface area contributed by atoms with Crippen molar-refractivity contribution in [3.8, 4) is 5.75 Å². The smallest absolute Gasteiger partial charge is 0.314 e. The first-order chi connectivity index (χ1) is 9.59. The van der Waals surface area contributed by atoms with Crippen molar-refractivity contribution in [2.45, 2.75) is 19.8 Å². The van der Waals surface area contributed by atoms with Gasteiger partial charge in [-0.1, -0.05) is 18.2 Å². The number of benzene rings is 1. The SMILES string of the molecule is Cc1ccccc1OCCNC(=O)NCCCC(=O)O. The molecule has 0 unspecified atom stereocenters. The summed E-state index contributed by atoms with van der Waals surface area (Å²) in [5.41, 5.74) is 1.05. The van der Waals surface area contributed by atoms with Gasteiger partial charge in [0.05, 0.1) is 6.54 Å². The lowest BCUT2D eigenvalue weighted by atomic mass is 10.2. The first kappa shape index (κ1) is 15.8. The molecule has 0 aliphatic carbocycles. The summed E-state index contributed by atoms with van der Waals surface area (Å²) >= 11 is 0. The number of urea groups is 1. The lowest BCUT2D eigenvalue weighted by molar-refractivity contribution is -0.137. The van der Waals surface area contributed by atoms with Gasteiger partial charge in [-0.05, 0) is 25.0 Å². The van der Waals surface area contributed by atoms with Crippen molar-refractivity contribution in [1.29, 1.82) is 0 Å². The van der Waals surface area contributed by atoms with E-state index in [1.54, 1.807) is 0 Å². The van der Waals surface area contributed by atoms with E-state index in [0.717, 1.165) is 11.3 Å². The van der Waals surface area contributed by atoms with Crippen molar-refractivity contribution in [2.24, 2.45) is 0 Å². The number of hydrogen-bond donors (Lipinski definition) is 3. The van der Waals surface area contributed by atoms with Gasteiger partial charge in [-0.15, -0.1) is 0 Å². The summed E-state index contributed by atoms with van der Waals surface area (Å²) in [6.45, 7) is 3.07. The Kier molecular flexibility index (Phi) is 6.95. The van der Waals surface area contributed by atoms with E-state index in [0.29, 0.717) is 26.1 Å². The van der Waals surface area contributed by atoms with Crippen molar-refractivity contribution in [1.82, 2.24) is 10.6 Å². The fourth-order valence-corrected chi connectivity index (χ4v) is 1.55. The number of nitrogens with one attached hydrogen (secondary N) is 2. The molecule has 2 amide bonds. The van der Waals surface area contributed by atoms with Crippen LogP contribution >= 0.6 is 0 Å². The number of hydrogen-bond acceptors (Lipinski definition) is 3. The second-order valence-electron chi connectivity index (χ2n) is 4.29. The quantitative estimate of drug-likeness (QED) is 0.630. The lowest BCUT2D eigenvalue weighted by Crippen LogP contribution is -2.38. The van der Waals surface area contributed by atoms with Gasteiger partial charge in [0.2, 0.25) is 0 Å². The highest BCUT2D eigenvalue weighted by molar-refractivity contribution is 5.73. The minimum Gasteiger partial charge on any atom is -0.491 e. The molecule has 3 N–H and O–H groups in total. The van der Waals surface area contributed by atoms with E-state index in [-0.39, 0.29) is 12.5 Å². The first-order valence-electron chi connectivity index (χ1n) is 6.51. The number of ether oxygens (including phenoxy) is 1. The van der Waals surface area contributed by atoms with Crippen molar-refractivity contribution >= 4 is 12.0 Å². The van der Waals surface area contributed by atoms with Gasteiger partial charge in [0, 0.05) is 13.0 Å². The average molecular weight is 280 g/mol. The summed E-state index contributed by atoms with van der Waals surface area (Å²) < 4.78 is 5.52. The van der Waals surface area contributed by atoms with Gasteiger partial charge in [-0.25, -0.2) is 4.79 Å². The normalized spacial score (nSPS) is 9.85. The van der Waals surface area contributed by atoms with Gasteiger partial charge >= 0.3 is 12.0 Å². The topological polar surface area (TPSA) is 87.7 Å². The van der Waals surface area contributed by atoms with Crippen LogP contribution in [0.3, 0.4) is 0 Å². The fourth-order valence-electron chi connectivity index (χ4n) is 1.55. The Morgan fingerprint density at radius 2 is 1.90 bits per heavy atom. The molecule has 0 bridgehead atoms. The van der Waals surface area contributed by atoms with Crippen LogP contribution in [-0.4, -0.2) is 36.8 Å². The molecule has 0 aliphatic heterocycles. The number of carbonyl (C=O) groups excluding carboxylic acids is 1. The number of carboxylic acid groups (broad SMARTS) is 1. The second kappa shape index (κ2) is 8.79. The van der Waals surface area contributed by atoms with Crippen LogP contribution in [0, 0.1) is 6.92 Å². The molecular weight excluding hydrogens is 260 g/mol. The maximum atomic E-state index is 11.3. The van der Waals surface area contributed by atoms with E-state index in [1.165, 1.54) is 0 Å². The Morgan fingerprint density at radius 3 is 2.60 bits per heavy atom. The molecular formula is C14H20N2O4. The van der Waals surface area contributed by atoms with Crippen molar-refractivity contribution in [2.75, 3.05) is 19.7 Å². The molecule has 1 aromatic carbocycles. The number of carbonyl (C=O) groups is 2. The Hall–Kier alpha value is -2.24. The number of aryl methyl sites for hydroxylation is 1. The van der Waals surface area contributed by atoms with Gasteiger partial charge in [-0.3, -0.25) is 4.79 Å². The van der Waals surface area contributed by atoms with Crippen LogP contribution in [0.15, 0.2) is 24.3 Å². The van der Waals surface area contributed by atoms with Gasteiger partial charge in [0.25, 0.3) is 0 Å². The van der Waals surface area contributed by atoms with Crippen molar-refractivity contribution in [3.05, 3.63) is 29.8 Å². The van der Waals surface area contributed by atoms with Gasteiger partial charge in [-0.2, -0.15) is 0 Å². The van der Waals surface area contributed by atoms with Crippen LogP contribution in [0.1, 0.15) is 18.4 Å². The van der Waals surface area contributed by atoms with E-state index in [2.05, 4.69) is 10.6 Å². The molecule has 0 radical (unpaired) electrons. The molecule has 6 heteroatoms. The summed E-state index contributed by atoms with van der Waals surface area (Å²) in [6, 6.07) is 7.35.